The maximum atomic E-state index is 12.4. The van der Waals surface area contributed by atoms with Crippen LogP contribution in [0.15, 0.2) is 18.2 Å². The molecule has 1 unspecified atom stereocenters. The lowest BCUT2D eigenvalue weighted by molar-refractivity contribution is -0.137. The summed E-state index contributed by atoms with van der Waals surface area (Å²) in [7, 11) is 0. The number of nitrogens with one attached hydrogen (secondary N) is 1. The van der Waals surface area contributed by atoms with Crippen LogP contribution in [0.5, 0.6) is 0 Å². The lowest BCUT2D eigenvalue weighted by atomic mass is 10.1. The van der Waals surface area contributed by atoms with E-state index in [0.717, 1.165) is 12.1 Å². The largest absolute Gasteiger partial charge is 0.416 e. The van der Waals surface area contributed by atoms with Crippen molar-refractivity contribution in [3.63, 3.8) is 0 Å². The van der Waals surface area contributed by atoms with Gasteiger partial charge in [-0.15, -0.1) is 6.42 Å². The van der Waals surface area contributed by atoms with Crippen LogP contribution < -0.4 is 5.32 Å². The van der Waals surface area contributed by atoms with E-state index in [1.54, 1.807) is 0 Å². The first-order valence-electron chi connectivity index (χ1n) is 4.98. The summed E-state index contributed by atoms with van der Waals surface area (Å²) in [6.07, 6.45) is 1.51. The van der Waals surface area contributed by atoms with Crippen LogP contribution in [0.1, 0.15) is 18.9 Å². The van der Waals surface area contributed by atoms with Gasteiger partial charge in [0.1, 0.15) is 0 Å². The first-order valence-corrected chi connectivity index (χ1v) is 5.35. The molecule has 92 valence electrons. The summed E-state index contributed by atoms with van der Waals surface area (Å²) in [4.78, 5) is 0. The SMILES string of the molecule is C#CC(CC)Nc1ccc(C(F)(F)F)cc1Cl. The molecular weight excluding hydrogens is 251 g/mol. The van der Waals surface area contributed by atoms with E-state index in [9.17, 15) is 13.2 Å². The Morgan fingerprint density at radius 1 is 1.47 bits per heavy atom. The molecule has 1 nitrogen and oxygen atoms in total. The lowest BCUT2D eigenvalue weighted by Gasteiger charge is -2.15. The molecule has 0 spiro atoms. The van der Waals surface area contributed by atoms with Gasteiger partial charge < -0.3 is 5.32 Å². The summed E-state index contributed by atoms with van der Waals surface area (Å²) in [5.41, 5.74) is -0.369. The normalized spacial score (nSPS) is 12.9. The van der Waals surface area contributed by atoms with Crippen molar-refractivity contribution in [3.05, 3.63) is 28.8 Å². The van der Waals surface area contributed by atoms with Gasteiger partial charge in [0.15, 0.2) is 0 Å². The van der Waals surface area contributed by atoms with Crippen molar-refractivity contribution in [1.82, 2.24) is 0 Å². The molecular formula is C12H11ClF3N. The minimum Gasteiger partial charge on any atom is -0.370 e. The Labute approximate surface area is 103 Å². The highest BCUT2D eigenvalue weighted by atomic mass is 35.5. The van der Waals surface area contributed by atoms with Gasteiger partial charge in [0.05, 0.1) is 22.3 Å². The average molecular weight is 262 g/mol. The predicted octanol–water partition coefficient (Wildman–Crippen LogP) is 4.18. The van der Waals surface area contributed by atoms with E-state index in [0.29, 0.717) is 12.1 Å². The molecule has 0 aliphatic carbocycles. The Bertz CT molecular complexity index is 434. The molecule has 17 heavy (non-hydrogen) atoms. The van der Waals surface area contributed by atoms with Gasteiger partial charge in [-0.25, -0.2) is 0 Å². The molecule has 0 aliphatic rings. The Morgan fingerprint density at radius 3 is 2.53 bits per heavy atom. The summed E-state index contributed by atoms with van der Waals surface area (Å²) >= 11 is 5.76. The summed E-state index contributed by atoms with van der Waals surface area (Å²) in [5.74, 6) is 2.48. The van der Waals surface area contributed by atoms with Crippen LogP contribution >= 0.6 is 11.6 Å². The predicted molar refractivity (Wildman–Crippen MR) is 63.0 cm³/mol. The second-order valence-electron chi connectivity index (χ2n) is 3.46. The zero-order chi connectivity index (χ0) is 13.1. The molecule has 0 heterocycles. The number of halogens is 4. The zero-order valence-electron chi connectivity index (χ0n) is 9.11. The summed E-state index contributed by atoms with van der Waals surface area (Å²) in [6.45, 7) is 1.87. The number of alkyl halides is 3. The second-order valence-corrected chi connectivity index (χ2v) is 3.87. The van der Waals surface area contributed by atoms with Crippen LogP contribution in [0.2, 0.25) is 5.02 Å². The first kappa shape index (κ1) is 13.7. The van der Waals surface area contributed by atoms with Crippen molar-refractivity contribution in [2.75, 3.05) is 5.32 Å². The van der Waals surface area contributed by atoms with Crippen molar-refractivity contribution in [2.45, 2.75) is 25.6 Å². The van der Waals surface area contributed by atoms with Gasteiger partial charge in [0.2, 0.25) is 0 Å². The molecule has 0 fully saturated rings. The van der Waals surface area contributed by atoms with E-state index in [-0.39, 0.29) is 11.1 Å². The number of anilines is 1. The third-order valence-electron chi connectivity index (χ3n) is 2.24. The van der Waals surface area contributed by atoms with E-state index in [1.807, 2.05) is 6.92 Å². The molecule has 5 heteroatoms. The number of hydrogen-bond acceptors (Lipinski definition) is 1. The molecule has 1 aromatic rings. The molecule has 1 aromatic carbocycles. The van der Waals surface area contributed by atoms with Gasteiger partial charge in [-0.05, 0) is 24.6 Å². The molecule has 0 saturated carbocycles. The molecule has 0 amide bonds. The zero-order valence-corrected chi connectivity index (χ0v) is 9.86. The third kappa shape index (κ3) is 3.57. The molecule has 1 atom stereocenters. The van der Waals surface area contributed by atoms with Crippen molar-refractivity contribution >= 4 is 17.3 Å². The van der Waals surface area contributed by atoms with Gasteiger partial charge in [-0.3, -0.25) is 0 Å². The van der Waals surface area contributed by atoms with Gasteiger partial charge in [0, 0.05) is 0 Å². The molecule has 0 bridgehead atoms. The summed E-state index contributed by atoms with van der Waals surface area (Å²) in [6, 6.07) is 2.89. The Kier molecular flexibility index (Phi) is 4.30. The van der Waals surface area contributed by atoms with Crippen LogP contribution in [-0.2, 0) is 6.18 Å². The highest BCUT2D eigenvalue weighted by Gasteiger charge is 2.30. The van der Waals surface area contributed by atoms with Crippen molar-refractivity contribution < 1.29 is 13.2 Å². The second kappa shape index (κ2) is 5.33. The topological polar surface area (TPSA) is 12.0 Å². The lowest BCUT2D eigenvalue weighted by Crippen LogP contribution is -2.16. The van der Waals surface area contributed by atoms with Crippen LogP contribution in [0.3, 0.4) is 0 Å². The highest BCUT2D eigenvalue weighted by Crippen LogP contribution is 2.33. The average Bonchev–Trinajstić information content (AvgIpc) is 2.26. The van der Waals surface area contributed by atoms with Gasteiger partial charge in [-0.1, -0.05) is 24.4 Å². The smallest absolute Gasteiger partial charge is 0.370 e. The fourth-order valence-corrected chi connectivity index (χ4v) is 1.49. The fraction of sp³-hybridized carbons (Fsp3) is 0.333. The summed E-state index contributed by atoms with van der Waals surface area (Å²) in [5, 5.41) is 2.90. The summed E-state index contributed by atoms with van der Waals surface area (Å²) < 4.78 is 37.1. The Morgan fingerprint density at radius 2 is 2.12 bits per heavy atom. The molecule has 1 rings (SSSR count). The molecule has 0 radical (unpaired) electrons. The molecule has 0 aromatic heterocycles. The standard InChI is InChI=1S/C12H11ClF3N/c1-3-9(4-2)17-11-6-5-8(7-10(11)13)12(14,15)16/h1,5-7,9,17H,4H2,2H3. The van der Waals surface area contributed by atoms with Crippen LogP contribution in [0, 0.1) is 12.3 Å². The van der Waals surface area contributed by atoms with E-state index in [2.05, 4.69) is 11.2 Å². The molecule has 1 N–H and O–H groups in total. The van der Waals surface area contributed by atoms with Gasteiger partial charge in [0.25, 0.3) is 0 Å². The number of hydrogen-bond donors (Lipinski definition) is 1. The minimum absolute atomic E-state index is 0.00789. The van der Waals surface area contributed by atoms with E-state index < -0.39 is 11.7 Å². The number of rotatable bonds is 3. The fourth-order valence-electron chi connectivity index (χ4n) is 1.26. The van der Waals surface area contributed by atoms with Gasteiger partial charge in [-0.2, -0.15) is 13.2 Å². The van der Waals surface area contributed by atoms with Crippen molar-refractivity contribution in [1.29, 1.82) is 0 Å². The molecule has 0 saturated heterocycles. The molecule has 0 aliphatic heterocycles. The van der Waals surface area contributed by atoms with Gasteiger partial charge >= 0.3 is 6.18 Å². The number of terminal acetylenes is 1. The maximum Gasteiger partial charge on any atom is 0.416 e. The van der Waals surface area contributed by atoms with E-state index >= 15 is 0 Å². The quantitative estimate of drug-likeness (QED) is 0.805. The number of benzene rings is 1. The Balaban J connectivity index is 2.95. The highest BCUT2D eigenvalue weighted by molar-refractivity contribution is 6.33. The van der Waals surface area contributed by atoms with Crippen molar-refractivity contribution in [2.24, 2.45) is 0 Å². The maximum absolute atomic E-state index is 12.4. The third-order valence-corrected chi connectivity index (χ3v) is 2.55. The van der Waals surface area contributed by atoms with Crippen LogP contribution in [0.4, 0.5) is 18.9 Å². The van der Waals surface area contributed by atoms with Crippen LogP contribution in [-0.4, -0.2) is 6.04 Å². The van der Waals surface area contributed by atoms with Crippen LogP contribution in [0.25, 0.3) is 0 Å². The Hall–Kier alpha value is -1.34. The van der Waals surface area contributed by atoms with Crippen molar-refractivity contribution in [3.8, 4) is 12.3 Å². The minimum atomic E-state index is -4.39. The van der Waals surface area contributed by atoms with E-state index in [1.165, 1.54) is 6.07 Å². The first-order chi connectivity index (χ1) is 7.88. The monoisotopic (exact) mass is 261 g/mol. The van der Waals surface area contributed by atoms with E-state index in [4.69, 9.17) is 18.0 Å².